The molecule has 2 saturated heterocycles. The van der Waals surface area contributed by atoms with Crippen LogP contribution in [-0.4, -0.2) is 118 Å². The number of nitrogens with two attached hydrogens (primary N) is 2. The van der Waals surface area contributed by atoms with Crippen LogP contribution in [0.5, 0.6) is 0 Å². The quantitative estimate of drug-likeness (QED) is 0.160. The van der Waals surface area contributed by atoms with Crippen LogP contribution in [-0.2, 0) is 55.8 Å². The molecule has 25 heteroatoms. The van der Waals surface area contributed by atoms with Gasteiger partial charge in [-0.3, -0.25) is 13.9 Å². The zero-order valence-corrected chi connectivity index (χ0v) is 49.4. The van der Waals surface area contributed by atoms with E-state index in [1.165, 1.54) is 21.8 Å². The lowest BCUT2D eigenvalue weighted by atomic mass is 9.89. The molecule has 4 unspecified atom stereocenters. The molecule has 0 bridgehead atoms. The molecule has 4 N–H and O–H groups in total. The molecule has 4 aliphatic rings. The van der Waals surface area contributed by atoms with Crippen molar-refractivity contribution >= 4 is 64.7 Å². The predicted molar refractivity (Wildman–Crippen MR) is 270 cm³/mol. The first-order valence-electron chi connectivity index (χ1n) is 23.1. The van der Waals surface area contributed by atoms with Gasteiger partial charge in [-0.25, -0.2) is 18.3 Å². The number of ether oxygens (including phenoxy) is 2. The Hall–Kier alpha value is -2.12. The zero-order chi connectivity index (χ0) is 51.8. The van der Waals surface area contributed by atoms with Crippen molar-refractivity contribution in [1.82, 2.24) is 19.1 Å². The number of aromatic nitrogens is 4. The van der Waals surface area contributed by atoms with Crippen LogP contribution in [0, 0.1) is 0 Å². The molecular formula is C43H78N6O13S2Si4. The standard InChI is InChI=1S/C43H78N6O13S2Si4/c1-38(2,3)65(13,14)55-21-29-42(27(44)23-63(51,52)61-42)32(59-67(17,18)40(7,8)9)36(57-29)48-25-46-34-31(48)35(50)49(26-47-34)37-33(60-68(19,20)41(10,11)12)43(28(45)24-64(53,54)62-43)30(58-37)22-56-66(15,16)39(4,5)6/h23-26,29-30,32-33,36-37H,21-22,44-45H2,1-20H3/t29?,30?,32-,33-,36+,37-,42?,43?/m0/s1. The molecule has 0 saturated carbocycles. The van der Waals surface area contributed by atoms with Gasteiger partial charge < -0.3 is 38.6 Å². The topological polar surface area (TPSA) is 247 Å². The lowest BCUT2D eigenvalue weighted by molar-refractivity contribution is -0.0567. The van der Waals surface area contributed by atoms with Gasteiger partial charge in [0, 0.05) is 0 Å². The number of fused-ring (bicyclic) bond motifs is 1. The van der Waals surface area contributed by atoms with Crippen molar-refractivity contribution in [2.24, 2.45) is 11.5 Å². The summed E-state index contributed by atoms with van der Waals surface area (Å²) in [6.45, 7) is 40.7. The fraction of sp³-hybridized carbons (Fsp3) is 0.791. The van der Waals surface area contributed by atoms with Crippen molar-refractivity contribution in [3.8, 4) is 0 Å². The molecule has 0 aromatic carbocycles. The van der Waals surface area contributed by atoms with Crippen LogP contribution in [0.4, 0.5) is 0 Å². The maximum atomic E-state index is 15.5. The van der Waals surface area contributed by atoms with E-state index in [0.717, 1.165) is 10.8 Å². The van der Waals surface area contributed by atoms with Crippen molar-refractivity contribution in [2.75, 3.05) is 13.2 Å². The molecule has 6 heterocycles. The molecule has 68 heavy (non-hydrogen) atoms. The molecule has 2 aromatic rings. The van der Waals surface area contributed by atoms with E-state index in [1.807, 2.05) is 67.7 Å². The lowest BCUT2D eigenvalue weighted by Crippen LogP contribution is -2.59. The minimum Gasteiger partial charge on any atom is -0.414 e. The minimum absolute atomic E-state index is 0.0194. The second kappa shape index (κ2) is 17.0. The number of hydrogen-bond acceptors (Lipinski definition) is 17. The minimum atomic E-state index is -4.37. The molecule has 0 aliphatic carbocycles. The van der Waals surface area contributed by atoms with E-state index >= 15 is 4.79 Å². The van der Waals surface area contributed by atoms with Crippen LogP contribution in [0.1, 0.15) is 95.5 Å². The van der Waals surface area contributed by atoms with Gasteiger partial charge >= 0.3 is 0 Å². The summed E-state index contributed by atoms with van der Waals surface area (Å²) in [6, 6.07) is 0. The van der Waals surface area contributed by atoms with Crippen molar-refractivity contribution in [2.45, 2.75) is 204 Å². The summed E-state index contributed by atoms with van der Waals surface area (Å²) in [5.74, 6) is 0. The first-order valence-corrected chi connectivity index (χ1v) is 37.7. The van der Waals surface area contributed by atoms with Gasteiger partial charge in [-0.1, -0.05) is 83.1 Å². The van der Waals surface area contributed by atoms with Crippen LogP contribution < -0.4 is 17.0 Å². The second-order valence-corrected chi connectivity index (χ2v) is 46.8. The van der Waals surface area contributed by atoms with Crippen LogP contribution in [0.2, 0.25) is 72.5 Å². The van der Waals surface area contributed by atoms with Crippen molar-refractivity contribution in [3.63, 3.8) is 0 Å². The van der Waals surface area contributed by atoms with Gasteiger partial charge in [0.05, 0.1) is 35.4 Å². The van der Waals surface area contributed by atoms with Gasteiger partial charge in [-0.2, -0.15) is 16.8 Å². The maximum Gasteiger partial charge on any atom is 0.292 e. The van der Waals surface area contributed by atoms with E-state index in [1.54, 1.807) is 0 Å². The lowest BCUT2D eigenvalue weighted by Gasteiger charge is -2.44. The van der Waals surface area contributed by atoms with Gasteiger partial charge in [-0.05, 0) is 72.5 Å². The van der Waals surface area contributed by atoms with Crippen molar-refractivity contribution < 1.29 is 52.4 Å². The largest absolute Gasteiger partial charge is 0.414 e. The van der Waals surface area contributed by atoms with E-state index < -0.39 is 117 Å². The van der Waals surface area contributed by atoms with Crippen molar-refractivity contribution in [3.05, 3.63) is 45.2 Å². The Labute approximate surface area is 407 Å². The average molecular weight is 1060 g/mol. The summed E-state index contributed by atoms with van der Waals surface area (Å²) in [6.07, 6.45) is -4.94. The molecule has 386 valence electrons. The smallest absolute Gasteiger partial charge is 0.292 e. The maximum absolute atomic E-state index is 15.5. The number of imidazole rings is 1. The highest BCUT2D eigenvalue weighted by atomic mass is 32.2. The molecule has 8 atom stereocenters. The summed E-state index contributed by atoms with van der Waals surface area (Å²) < 4.78 is 110. The van der Waals surface area contributed by atoms with Gasteiger partial charge in [0.25, 0.3) is 25.8 Å². The first kappa shape index (κ1) is 55.2. The molecule has 19 nitrogen and oxygen atoms in total. The molecule has 0 radical (unpaired) electrons. The van der Waals surface area contributed by atoms with Gasteiger partial charge in [0.1, 0.15) is 37.1 Å². The summed E-state index contributed by atoms with van der Waals surface area (Å²) in [4.78, 5) is 24.8. The Morgan fingerprint density at radius 2 is 0.912 bits per heavy atom. The molecule has 6 rings (SSSR count). The first-order chi connectivity index (χ1) is 30.4. The summed E-state index contributed by atoms with van der Waals surface area (Å²) in [5, 5.41) is 0.469. The van der Waals surface area contributed by atoms with Crippen LogP contribution in [0.3, 0.4) is 0 Å². The number of rotatable bonds is 12. The third-order valence-corrected chi connectivity index (χ3v) is 36.2. The van der Waals surface area contributed by atoms with E-state index in [-0.39, 0.29) is 45.8 Å². The Morgan fingerprint density at radius 3 is 1.22 bits per heavy atom. The Bertz CT molecular complexity index is 2640. The molecule has 2 aromatic heterocycles. The summed E-state index contributed by atoms with van der Waals surface area (Å²) in [7, 11) is -19.5. The predicted octanol–water partition coefficient (Wildman–Crippen LogP) is 7.01. The fourth-order valence-corrected chi connectivity index (χ4v) is 14.8. The molecule has 0 amide bonds. The monoisotopic (exact) mass is 1060 g/mol. The van der Waals surface area contributed by atoms with Crippen LogP contribution in [0.15, 0.2) is 39.7 Å². The van der Waals surface area contributed by atoms with Crippen LogP contribution >= 0.6 is 0 Å². The number of nitrogens with zero attached hydrogens (tertiary/aromatic N) is 4. The highest BCUT2D eigenvalue weighted by Crippen LogP contribution is 2.55. The Balaban J connectivity index is 1.58. The van der Waals surface area contributed by atoms with E-state index in [9.17, 15) is 16.8 Å². The van der Waals surface area contributed by atoms with Gasteiger partial charge in [-0.15, -0.1) is 0 Å². The third kappa shape index (κ3) is 9.40. The SMILES string of the molecule is CC(C)(C)[Si](C)(C)OCC1O[C@@H](n2cnc3ncn([C@H]4OC(CO[Si](C)(C)C(C)(C)C)C5(OS(=O)(=O)C=C5N)[C@H]4O[Si](C)(C)C(C)(C)C)c(=O)c32)[C@H](O[Si](C)(C)C(C)(C)C)C12OS(=O)(=O)C=C2N. The van der Waals surface area contributed by atoms with E-state index in [2.05, 4.69) is 77.7 Å². The van der Waals surface area contributed by atoms with Gasteiger partial charge in [0.2, 0.25) is 0 Å². The third-order valence-electron chi connectivity index (χ3n) is 16.2. The normalized spacial score (nSPS) is 30.5. The second-order valence-electron chi connectivity index (χ2n) is 24.9. The molecule has 2 fully saturated rings. The van der Waals surface area contributed by atoms with Crippen LogP contribution in [0.25, 0.3) is 11.2 Å². The zero-order valence-electron chi connectivity index (χ0n) is 43.8. The summed E-state index contributed by atoms with van der Waals surface area (Å²) in [5.41, 5.74) is 8.65. The fourth-order valence-electron chi connectivity index (χ4n) is 7.75. The van der Waals surface area contributed by atoms with E-state index in [0.29, 0.717) is 0 Å². The molecular weight excluding hydrogens is 985 g/mol. The van der Waals surface area contributed by atoms with Crippen molar-refractivity contribution in [1.29, 1.82) is 0 Å². The molecule has 4 aliphatic heterocycles. The highest BCUT2D eigenvalue weighted by molar-refractivity contribution is 7.90. The number of hydrogen-bond donors (Lipinski definition) is 2. The molecule has 2 spiro atoms. The Kier molecular flexibility index (Phi) is 13.8. The van der Waals surface area contributed by atoms with Gasteiger partial charge in [0.15, 0.2) is 68.1 Å². The highest BCUT2D eigenvalue weighted by Gasteiger charge is 2.69. The average Bonchev–Trinajstić information content (AvgIpc) is 3.89. The summed E-state index contributed by atoms with van der Waals surface area (Å²) >= 11 is 0. The van der Waals surface area contributed by atoms with E-state index in [4.69, 9.17) is 47.0 Å². The Morgan fingerprint density at radius 1 is 0.588 bits per heavy atom.